The smallest absolute Gasteiger partial charge is 0.270 e. The first-order chi connectivity index (χ1) is 21.9. The molecule has 0 radical (unpaired) electrons. The van der Waals surface area contributed by atoms with Gasteiger partial charge in [0, 0.05) is 64.0 Å². The van der Waals surface area contributed by atoms with E-state index in [2.05, 4.69) is 20.5 Å². The average molecular weight is 609 g/mol. The van der Waals surface area contributed by atoms with E-state index in [9.17, 15) is 14.0 Å². The van der Waals surface area contributed by atoms with Crippen LogP contribution < -0.4 is 10.5 Å². The Morgan fingerprint density at radius 3 is 2.22 bits per heavy atom. The van der Waals surface area contributed by atoms with Gasteiger partial charge in [-0.3, -0.25) is 19.5 Å². The summed E-state index contributed by atoms with van der Waals surface area (Å²) in [5, 5.41) is 8.98. The number of pyridine rings is 1. The molecule has 2 N–H and O–H groups in total. The number of nitrogens with zero attached hydrogens (tertiary/aromatic N) is 5. The number of aromatic nitrogens is 2. The van der Waals surface area contributed by atoms with Crippen molar-refractivity contribution in [3.8, 4) is 11.8 Å². The van der Waals surface area contributed by atoms with E-state index in [0.717, 1.165) is 51.0 Å². The Kier molecular flexibility index (Phi) is 10.6. The maximum absolute atomic E-state index is 13.4. The zero-order chi connectivity index (χ0) is 31.6. The Morgan fingerprint density at radius 1 is 0.911 bits per heavy atom. The summed E-state index contributed by atoms with van der Waals surface area (Å²) in [5.41, 5.74) is 7.88. The number of nitrogens with two attached hydrogens (primary N) is 1. The van der Waals surface area contributed by atoms with Gasteiger partial charge in [-0.05, 0) is 79.1 Å². The molecule has 232 valence electrons. The number of ether oxygens (including phenoxy) is 1. The van der Waals surface area contributed by atoms with Gasteiger partial charge in [-0.25, -0.2) is 4.39 Å². The van der Waals surface area contributed by atoms with Gasteiger partial charge < -0.3 is 19.9 Å². The van der Waals surface area contributed by atoms with Crippen molar-refractivity contribution in [3.05, 3.63) is 120 Å². The summed E-state index contributed by atoms with van der Waals surface area (Å²) in [4.78, 5) is 31.8. The number of hydrogen-bond donors (Lipinski definition) is 1. The van der Waals surface area contributed by atoms with E-state index >= 15 is 0 Å². The summed E-state index contributed by atoms with van der Waals surface area (Å²) in [6.45, 7) is 4.13. The quantitative estimate of drug-likeness (QED) is 0.308. The van der Waals surface area contributed by atoms with Crippen molar-refractivity contribution >= 4 is 11.8 Å². The Balaban J connectivity index is 0.000000383. The van der Waals surface area contributed by atoms with Gasteiger partial charge in [0.15, 0.2) is 0 Å². The molecule has 0 aliphatic carbocycles. The summed E-state index contributed by atoms with van der Waals surface area (Å²) < 4.78 is 21.3. The highest BCUT2D eigenvalue weighted by Crippen LogP contribution is 2.27. The predicted octanol–water partition coefficient (Wildman–Crippen LogP) is 5.20. The van der Waals surface area contributed by atoms with E-state index in [0.29, 0.717) is 36.1 Å². The van der Waals surface area contributed by atoms with Gasteiger partial charge in [-0.1, -0.05) is 18.2 Å². The summed E-state index contributed by atoms with van der Waals surface area (Å²) in [6.07, 6.45) is 7.12. The monoisotopic (exact) mass is 608 g/mol. The number of rotatable bonds is 7. The standard InChI is InChI=1S/C29H31FN4O2.C6H6N2O/c30-24-7-9-26(10-8-24)36-27-13-18-33(19-14-27)29(35)28-2-1-15-34(28)25-11-16-32(17-12-25)21-23-5-3-22(20-31)4-6-23;7-6(9)5-3-1-2-4-8-5/h1-10,15,25,27H,11-14,16-19,21H2;1-4H,(H2,7,9). The van der Waals surface area contributed by atoms with Crippen LogP contribution in [0.4, 0.5) is 4.39 Å². The van der Waals surface area contributed by atoms with Crippen molar-refractivity contribution in [2.75, 3.05) is 26.2 Å². The van der Waals surface area contributed by atoms with Crippen molar-refractivity contribution in [1.29, 1.82) is 5.26 Å². The Morgan fingerprint density at radius 2 is 1.62 bits per heavy atom. The third kappa shape index (κ3) is 8.55. The van der Waals surface area contributed by atoms with Crippen molar-refractivity contribution in [1.82, 2.24) is 19.4 Å². The van der Waals surface area contributed by atoms with Crippen molar-refractivity contribution in [3.63, 3.8) is 0 Å². The maximum Gasteiger partial charge on any atom is 0.270 e. The van der Waals surface area contributed by atoms with Crippen LogP contribution in [0, 0.1) is 17.1 Å². The van der Waals surface area contributed by atoms with E-state index in [4.69, 9.17) is 15.7 Å². The highest BCUT2D eigenvalue weighted by atomic mass is 19.1. The minimum atomic E-state index is -0.490. The molecule has 10 heteroatoms. The second kappa shape index (κ2) is 15.1. The van der Waals surface area contributed by atoms with Crippen LogP contribution >= 0.6 is 0 Å². The normalized spacial score (nSPS) is 15.9. The van der Waals surface area contributed by atoms with Gasteiger partial charge in [0.2, 0.25) is 0 Å². The van der Waals surface area contributed by atoms with E-state index in [1.807, 2.05) is 47.5 Å². The molecular formula is C35H37FN6O3. The molecule has 2 aliphatic heterocycles. The summed E-state index contributed by atoms with van der Waals surface area (Å²) in [5.74, 6) is -0.0147. The SMILES string of the molecule is N#Cc1ccc(CN2CCC(n3cccc3C(=O)N3CCC(Oc4ccc(F)cc4)CC3)CC2)cc1.NC(=O)c1ccccn1. The first-order valence-corrected chi connectivity index (χ1v) is 15.2. The molecule has 0 atom stereocenters. The van der Waals surface area contributed by atoms with Gasteiger partial charge in [0.1, 0.15) is 29.1 Å². The van der Waals surface area contributed by atoms with Gasteiger partial charge in [-0.2, -0.15) is 5.26 Å². The minimum Gasteiger partial charge on any atom is -0.490 e. The third-order valence-electron chi connectivity index (χ3n) is 8.20. The molecule has 2 aromatic carbocycles. The molecule has 2 saturated heterocycles. The molecule has 0 unspecified atom stereocenters. The van der Waals surface area contributed by atoms with Crippen LogP contribution in [0.5, 0.6) is 5.75 Å². The molecule has 2 fully saturated rings. The lowest BCUT2D eigenvalue weighted by Crippen LogP contribution is -2.43. The van der Waals surface area contributed by atoms with Crippen molar-refractivity contribution < 1.29 is 18.7 Å². The second-order valence-corrected chi connectivity index (χ2v) is 11.3. The lowest BCUT2D eigenvalue weighted by Gasteiger charge is -2.35. The Labute approximate surface area is 262 Å². The zero-order valence-electron chi connectivity index (χ0n) is 25.1. The van der Waals surface area contributed by atoms with Crippen LogP contribution in [-0.2, 0) is 6.54 Å². The number of nitriles is 1. The minimum absolute atomic E-state index is 0.0340. The molecule has 0 spiro atoms. The van der Waals surface area contributed by atoms with Gasteiger partial charge in [0.05, 0.1) is 11.6 Å². The van der Waals surface area contributed by atoms with E-state index in [-0.39, 0.29) is 17.8 Å². The second-order valence-electron chi connectivity index (χ2n) is 11.3. The first-order valence-electron chi connectivity index (χ1n) is 15.2. The lowest BCUT2D eigenvalue weighted by atomic mass is 10.0. The van der Waals surface area contributed by atoms with E-state index < -0.39 is 5.91 Å². The third-order valence-corrected chi connectivity index (χ3v) is 8.20. The molecule has 2 aromatic heterocycles. The van der Waals surface area contributed by atoms with Crippen LogP contribution in [0.1, 0.15) is 63.8 Å². The summed E-state index contributed by atoms with van der Waals surface area (Å²) in [7, 11) is 0. The Hall–Kier alpha value is -5.01. The molecule has 9 nitrogen and oxygen atoms in total. The number of likely N-dealkylation sites (tertiary alicyclic amines) is 2. The fraction of sp³-hybridized carbons (Fsp3) is 0.314. The number of halogens is 1. The molecule has 2 aliphatic rings. The largest absolute Gasteiger partial charge is 0.490 e. The van der Waals surface area contributed by atoms with Crippen LogP contribution in [0.15, 0.2) is 91.3 Å². The molecule has 0 saturated carbocycles. The lowest BCUT2D eigenvalue weighted by molar-refractivity contribution is 0.0580. The van der Waals surface area contributed by atoms with Gasteiger partial charge in [-0.15, -0.1) is 0 Å². The molecule has 45 heavy (non-hydrogen) atoms. The average Bonchev–Trinajstić information content (AvgIpc) is 3.57. The van der Waals surface area contributed by atoms with Crippen LogP contribution in [0.3, 0.4) is 0 Å². The highest BCUT2D eigenvalue weighted by molar-refractivity contribution is 5.93. The van der Waals surface area contributed by atoms with E-state index in [1.165, 1.54) is 23.9 Å². The number of amides is 2. The number of benzene rings is 2. The number of hydrogen-bond acceptors (Lipinski definition) is 6. The van der Waals surface area contributed by atoms with Gasteiger partial charge >= 0.3 is 0 Å². The number of carbonyl (C=O) groups is 2. The van der Waals surface area contributed by atoms with Crippen LogP contribution in [0.2, 0.25) is 0 Å². The predicted molar refractivity (Wildman–Crippen MR) is 168 cm³/mol. The van der Waals surface area contributed by atoms with Crippen LogP contribution in [0.25, 0.3) is 0 Å². The first kappa shape index (κ1) is 31.4. The number of primary amides is 1. The summed E-state index contributed by atoms with van der Waals surface area (Å²) >= 11 is 0. The molecule has 4 heterocycles. The highest BCUT2D eigenvalue weighted by Gasteiger charge is 2.29. The molecular weight excluding hydrogens is 571 g/mol. The fourth-order valence-corrected chi connectivity index (χ4v) is 5.74. The maximum atomic E-state index is 13.4. The molecule has 4 aromatic rings. The summed E-state index contributed by atoms with van der Waals surface area (Å²) in [6, 6.07) is 25.3. The number of piperidine rings is 2. The Bertz CT molecular complexity index is 1590. The van der Waals surface area contributed by atoms with Crippen molar-refractivity contribution in [2.24, 2.45) is 5.73 Å². The number of carbonyl (C=O) groups excluding carboxylic acids is 2. The fourth-order valence-electron chi connectivity index (χ4n) is 5.74. The molecule has 6 rings (SSSR count). The topological polar surface area (TPSA) is 117 Å². The zero-order valence-corrected chi connectivity index (χ0v) is 25.1. The van der Waals surface area contributed by atoms with Crippen molar-refractivity contribution in [2.45, 2.75) is 44.4 Å². The van der Waals surface area contributed by atoms with E-state index in [1.54, 1.807) is 30.3 Å². The molecule has 0 bridgehead atoms. The van der Waals surface area contributed by atoms with Crippen LogP contribution in [-0.4, -0.2) is 63.4 Å². The molecule has 2 amide bonds. The van der Waals surface area contributed by atoms with Gasteiger partial charge in [0.25, 0.3) is 11.8 Å².